The number of carbonyl (C=O) groups is 1. The fourth-order valence-electron chi connectivity index (χ4n) is 4.64. The molecule has 0 radical (unpaired) electrons. The molecule has 1 amide bonds. The molecule has 12 nitrogen and oxygen atoms in total. The first-order chi connectivity index (χ1) is 17.9. The molecule has 14 heteroatoms. The lowest BCUT2D eigenvalue weighted by Crippen LogP contribution is -2.35. The summed E-state index contributed by atoms with van der Waals surface area (Å²) in [6.45, 7) is 4.19. The van der Waals surface area contributed by atoms with Gasteiger partial charge in [0.15, 0.2) is 5.82 Å². The first-order valence-corrected chi connectivity index (χ1v) is 13.9. The van der Waals surface area contributed by atoms with E-state index < -0.39 is 5.60 Å². The van der Waals surface area contributed by atoms with E-state index in [1.165, 1.54) is 0 Å². The second-order valence-electron chi connectivity index (χ2n) is 9.25. The van der Waals surface area contributed by atoms with Crippen molar-refractivity contribution in [3.63, 3.8) is 0 Å². The molecule has 6 rings (SSSR count). The van der Waals surface area contributed by atoms with Gasteiger partial charge in [-0.3, -0.25) is 9.08 Å². The van der Waals surface area contributed by atoms with E-state index in [4.69, 9.17) is 13.8 Å². The lowest BCUT2D eigenvalue weighted by molar-refractivity contribution is 0.117. The molecule has 0 saturated carbocycles. The lowest BCUT2D eigenvalue weighted by atomic mass is 10.0. The Morgan fingerprint density at radius 1 is 1.24 bits per heavy atom. The zero-order chi connectivity index (χ0) is 25.6. The highest BCUT2D eigenvalue weighted by Gasteiger charge is 2.47. The maximum atomic E-state index is 12.6. The van der Waals surface area contributed by atoms with E-state index in [2.05, 4.69) is 31.7 Å². The third-order valence-electron chi connectivity index (χ3n) is 6.53. The Hall–Kier alpha value is -3.38. The highest BCUT2D eigenvalue weighted by molar-refractivity contribution is 8.45. The number of anilines is 1. The van der Waals surface area contributed by atoms with Gasteiger partial charge in [0.1, 0.15) is 17.4 Å². The molecule has 4 aromatic rings. The summed E-state index contributed by atoms with van der Waals surface area (Å²) in [5, 5.41) is 16.2. The van der Waals surface area contributed by atoms with E-state index in [0.717, 1.165) is 34.0 Å². The molecular weight excluding hydrogens is 515 g/mol. The molecule has 2 aliphatic heterocycles. The standard InChI is InChI=1S/C23H23N8O4PS/c1-23(2,35-37-36-33)20-13-30(28-26-20)21-6-4-15(11-24-21)14-3-5-17-16(9-14)10-18-19(34-22(32)31(17)18)12-29-8-7-25-27-29/h3-9,11,13,18-19,33,36H,10,12H2,1-2H3/t18-,19?/m0/s1. The van der Waals surface area contributed by atoms with E-state index in [1.807, 2.05) is 38.1 Å². The summed E-state index contributed by atoms with van der Waals surface area (Å²) in [4.78, 5) is 28.0. The number of pyridine rings is 1. The van der Waals surface area contributed by atoms with Gasteiger partial charge in [0.25, 0.3) is 0 Å². The van der Waals surface area contributed by atoms with Crippen LogP contribution < -0.4 is 4.90 Å². The van der Waals surface area contributed by atoms with Crippen LogP contribution >= 0.6 is 19.7 Å². The Labute approximate surface area is 217 Å². The summed E-state index contributed by atoms with van der Waals surface area (Å²) in [5.74, 6) is 0.621. The van der Waals surface area contributed by atoms with Gasteiger partial charge in [-0.1, -0.05) is 16.5 Å². The molecule has 0 spiro atoms. The van der Waals surface area contributed by atoms with E-state index >= 15 is 0 Å². The van der Waals surface area contributed by atoms with Crippen molar-refractivity contribution in [3.05, 3.63) is 66.4 Å². The van der Waals surface area contributed by atoms with E-state index in [9.17, 15) is 4.79 Å². The minimum absolute atomic E-state index is 0.0755. The summed E-state index contributed by atoms with van der Waals surface area (Å²) in [7, 11) is -0.369. The van der Waals surface area contributed by atoms with Gasteiger partial charge in [-0.15, -0.1) is 10.2 Å². The molecule has 0 aliphatic carbocycles. The molecule has 2 aliphatic rings. The van der Waals surface area contributed by atoms with Gasteiger partial charge in [-0.05, 0) is 55.7 Å². The molecule has 1 saturated heterocycles. The topological polar surface area (TPSA) is 133 Å². The van der Waals surface area contributed by atoms with Crippen LogP contribution in [0, 0.1) is 0 Å². The zero-order valence-electron chi connectivity index (χ0n) is 19.9. The van der Waals surface area contributed by atoms with Crippen LogP contribution in [0.4, 0.5) is 10.5 Å². The minimum atomic E-state index is -0.710. The van der Waals surface area contributed by atoms with Gasteiger partial charge < -0.3 is 9.63 Å². The lowest BCUT2D eigenvalue weighted by Gasteiger charge is -2.19. The SMILES string of the molecule is CC(C)(OSPO)c1cn(-c2ccc(-c3ccc4c(c3)C[C@H]3C(Cn5ccnn5)OC(=O)N43)cn2)nn1. The Balaban J connectivity index is 1.19. The Morgan fingerprint density at radius 3 is 2.86 bits per heavy atom. The molecule has 1 N–H and O–H groups in total. The van der Waals surface area contributed by atoms with E-state index in [0.29, 0.717) is 24.5 Å². The van der Waals surface area contributed by atoms with Gasteiger partial charge in [0, 0.05) is 29.6 Å². The van der Waals surface area contributed by atoms with Crippen LogP contribution in [0.1, 0.15) is 25.1 Å². The predicted molar refractivity (Wildman–Crippen MR) is 137 cm³/mol. The monoisotopic (exact) mass is 538 g/mol. The second-order valence-corrected chi connectivity index (χ2v) is 10.8. The van der Waals surface area contributed by atoms with Crippen LogP contribution in [0.3, 0.4) is 0 Å². The third kappa shape index (κ3) is 4.48. The molecule has 1 aromatic carbocycles. The van der Waals surface area contributed by atoms with Gasteiger partial charge in [-0.2, -0.15) is 0 Å². The van der Waals surface area contributed by atoms with Crippen LogP contribution in [-0.4, -0.2) is 58.1 Å². The Morgan fingerprint density at radius 2 is 2.11 bits per heavy atom. The summed E-state index contributed by atoms with van der Waals surface area (Å²) in [6, 6.07) is 9.85. The van der Waals surface area contributed by atoms with Crippen molar-refractivity contribution < 1.29 is 18.6 Å². The van der Waals surface area contributed by atoms with Gasteiger partial charge in [0.2, 0.25) is 0 Å². The summed E-state index contributed by atoms with van der Waals surface area (Å²) in [5.41, 5.74) is 3.85. The van der Waals surface area contributed by atoms with Crippen molar-refractivity contribution in [1.82, 2.24) is 35.0 Å². The van der Waals surface area contributed by atoms with Crippen molar-refractivity contribution in [2.24, 2.45) is 0 Å². The summed E-state index contributed by atoms with van der Waals surface area (Å²) in [6.07, 6.45) is 7.01. The predicted octanol–water partition coefficient (Wildman–Crippen LogP) is 3.27. The maximum Gasteiger partial charge on any atom is 0.415 e. The normalized spacial score (nSPS) is 19.0. The number of benzene rings is 1. The second kappa shape index (κ2) is 9.49. The number of hydrogen-bond acceptors (Lipinski definition) is 10. The summed E-state index contributed by atoms with van der Waals surface area (Å²) >= 11 is 0.985. The molecule has 37 heavy (non-hydrogen) atoms. The van der Waals surface area contributed by atoms with Gasteiger partial charge in [-0.25, -0.2) is 19.1 Å². The number of amides is 1. The number of cyclic esters (lactones) is 1. The van der Waals surface area contributed by atoms with Crippen molar-refractivity contribution in [1.29, 1.82) is 0 Å². The molecule has 0 bridgehead atoms. The van der Waals surface area contributed by atoms with Crippen LogP contribution in [0.5, 0.6) is 0 Å². The number of nitrogens with zero attached hydrogens (tertiary/aromatic N) is 8. The maximum absolute atomic E-state index is 12.6. The average Bonchev–Trinajstić information content (AvgIpc) is 3.69. The fraction of sp³-hybridized carbons (Fsp3) is 0.304. The van der Waals surface area contributed by atoms with Crippen molar-refractivity contribution >= 4 is 31.5 Å². The van der Waals surface area contributed by atoms with Crippen LogP contribution in [-0.2, 0) is 27.5 Å². The van der Waals surface area contributed by atoms with Gasteiger partial charge >= 0.3 is 6.09 Å². The minimum Gasteiger partial charge on any atom is -0.442 e. The fourth-order valence-corrected chi connectivity index (χ4v) is 5.71. The largest absolute Gasteiger partial charge is 0.442 e. The summed E-state index contributed by atoms with van der Waals surface area (Å²) < 4.78 is 14.5. The highest BCUT2D eigenvalue weighted by atomic mass is 32.7. The molecule has 2 unspecified atom stereocenters. The number of hydrogen-bond donors (Lipinski definition) is 1. The van der Waals surface area contributed by atoms with E-state index in [1.54, 1.807) is 39.1 Å². The van der Waals surface area contributed by atoms with Crippen LogP contribution in [0.25, 0.3) is 16.9 Å². The number of ether oxygens (including phenoxy) is 1. The smallest absolute Gasteiger partial charge is 0.415 e. The molecule has 190 valence electrons. The van der Waals surface area contributed by atoms with Crippen molar-refractivity contribution in [2.45, 2.75) is 44.6 Å². The number of carbonyl (C=O) groups excluding carboxylic acids is 1. The van der Waals surface area contributed by atoms with Crippen molar-refractivity contribution in [2.75, 3.05) is 4.90 Å². The average molecular weight is 539 g/mol. The molecule has 3 atom stereocenters. The Bertz CT molecular complexity index is 1430. The third-order valence-corrected chi connectivity index (χ3v) is 7.58. The number of fused-ring (bicyclic) bond motifs is 3. The zero-order valence-corrected chi connectivity index (χ0v) is 21.7. The van der Waals surface area contributed by atoms with Gasteiger partial charge in [0.05, 0.1) is 38.7 Å². The molecule has 1 fully saturated rings. The molecule has 5 heterocycles. The van der Waals surface area contributed by atoms with Crippen LogP contribution in [0.15, 0.2) is 55.1 Å². The first-order valence-electron chi connectivity index (χ1n) is 11.5. The highest BCUT2D eigenvalue weighted by Crippen LogP contribution is 2.41. The van der Waals surface area contributed by atoms with Crippen molar-refractivity contribution in [3.8, 4) is 16.9 Å². The number of aromatic nitrogens is 7. The number of rotatable bonds is 8. The molecular formula is C23H23N8O4PS. The van der Waals surface area contributed by atoms with E-state index in [-0.39, 0.29) is 26.2 Å². The first kappa shape index (κ1) is 24.0. The molecule has 3 aromatic heterocycles. The van der Waals surface area contributed by atoms with Crippen LogP contribution in [0.2, 0.25) is 0 Å². The Kier molecular flexibility index (Phi) is 6.15. The quantitative estimate of drug-likeness (QED) is 0.263.